The number of benzene rings is 2. The Labute approximate surface area is 249 Å². The lowest BCUT2D eigenvalue weighted by atomic mass is 10.1. The van der Waals surface area contributed by atoms with E-state index in [0.29, 0.717) is 0 Å². The Morgan fingerprint density at radius 2 is 1.19 bits per heavy atom. The van der Waals surface area contributed by atoms with E-state index in [-0.39, 0.29) is 35.0 Å². The van der Waals surface area contributed by atoms with Crippen molar-refractivity contribution in [1.82, 2.24) is 4.72 Å². The number of hydrogen-bond acceptors (Lipinski definition) is 6. The highest BCUT2D eigenvalue weighted by atomic mass is 35.5. The van der Waals surface area contributed by atoms with Crippen LogP contribution < -0.4 is 19.9 Å². The van der Waals surface area contributed by atoms with Gasteiger partial charge in [-0.05, 0) is 56.2 Å². The van der Waals surface area contributed by atoms with E-state index in [0.717, 1.165) is 12.1 Å². The third-order valence-corrected chi connectivity index (χ3v) is 6.25. The Bertz CT molecular complexity index is 1120. The van der Waals surface area contributed by atoms with Crippen molar-refractivity contribution in [1.29, 1.82) is 0 Å². The van der Waals surface area contributed by atoms with Gasteiger partial charge in [0.2, 0.25) is 0 Å². The third-order valence-electron chi connectivity index (χ3n) is 4.64. The summed E-state index contributed by atoms with van der Waals surface area (Å²) in [6.07, 6.45) is -9.66. The van der Waals surface area contributed by atoms with Crippen molar-refractivity contribution in [2.75, 3.05) is 13.2 Å². The Kier molecular flexibility index (Phi) is 16.8. The molecule has 0 heterocycles. The highest BCUT2D eigenvalue weighted by Gasteiger charge is 2.33. The lowest BCUT2D eigenvalue weighted by Crippen LogP contribution is -2.38. The first kappa shape index (κ1) is 40.6. The molecule has 7 nitrogen and oxygen atoms in total. The maximum Gasteiger partial charge on any atom is 0.522 e. The van der Waals surface area contributed by atoms with Gasteiger partial charge in [-0.1, -0.05) is 24.3 Å². The van der Waals surface area contributed by atoms with Crippen molar-refractivity contribution >= 4 is 23.4 Å². The van der Waals surface area contributed by atoms with Crippen molar-refractivity contribution in [3.8, 4) is 11.5 Å². The summed E-state index contributed by atoms with van der Waals surface area (Å²) in [5.41, 5.74) is 5.82. The second kappa shape index (κ2) is 17.8. The summed E-state index contributed by atoms with van der Waals surface area (Å²) in [6, 6.07) is 8.01. The molecule has 0 spiro atoms. The minimum atomic E-state index is -4.87. The minimum absolute atomic E-state index is 0. The Hall–Kier alpha value is -2.38. The number of nitrogens with one attached hydrogen (secondary N) is 1. The molecule has 2 rings (SSSR count). The predicted octanol–water partition coefficient (Wildman–Crippen LogP) is 7.16. The van der Waals surface area contributed by atoms with Crippen LogP contribution in [-0.2, 0) is 20.5 Å². The van der Waals surface area contributed by atoms with Crippen LogP contribution >= 0.6 is 12.4 Å². The van der Waals surface area contributed by atoms with Gasteiger partial charge in [0, 0.05) is 0 Å². The predicted molar refractivity (Wildman–Crippen MR) is 138 cm³/mol. The molecule has 2 aromatic carbocycles. The molecule has 0 unspecified atom stereocenters. The summed E-state index contributed by atoms with van der Waals surface area (Å²) in [5.74, 6) is -0.396. The second-order valence-corrected chi connectivity index (χ2v) is 11.1. The molecular weight excluding hydrogens is 654 g/mol. The number of hydrogen-bond donors (Lipinski definition) is 2. The summed E-state index contributed by atoms with van der Waals surface area (Å²) in [7, 11) is -1.70. The first-order valence-electron chi connectivity index (χ1n) is 11.6. The van der Waals surface area contributed by atoms with E-state index in [2.05, 4.69) is 23.7 Å². The molecule has 0 amide bonds. The van der Waals surface area contributed by atoms with Gasteiger partial charge in [-0.15, -0.1) is 38.7 Å². The van der Waals surface area contributed by atoms with Crippen molar-refractivity contribution in [3.63, 3.8) is 0 Å². The smallest absolute Gasteiger partial charge is 0.435 e. The Morgan fingerprint density at radius 3 is 1.60 bits per heavy atom. The molecule has 248 valence electrons. The van der Waals surface area contributed by atoms with Crippen LogP contribution in [0.25, 0.3) is 0 Å². The van der Waals surface area contributed by atoms with E-state index in [1.807, 2.05) is 0 Å². The molecule has 0 aliphatic rings. The zero-order valence-corrected chi connectivity index (χ0v) is 24.2. The van der Waals surface area contributed by atoms with Gasteiger partial charge in [-0.25, -0.2) is 8.93 Å². The van der Waals surface area contributed by atoms with Crippen molar-refractivity contribution in [2.45, 2.75) is 63.5 Å². The summed E-state index contributed by atoms with van der Waals surface area (Å²) >= 11 is 0. The number of rotatable bonds is 12. The molecule has 0 aromatic heterocycles. The van der Waals surface area contributed by atoms with E-state index in [4.69, 9.17) is 5.73 Å². The standard InChI is InChI=1S/C14H18F5NO3S.C10H10F5NO2.ClH/c1-13(2,3)24(21)20-11(8-22-14(17,18)19)9-5-4-6-10(7-9)23-12(15)16;11-9(12)18-7-3-1-2-6(4-7)8(16)5-17-10(13,14)15;/h4-7,11-12,20H,8H2,1-3H3;1-4,8-9H,5,16H2;1H/t11-,24+;8-;/m00./s1. The summed E-state index contributed by atoms with van der Waals surface area (Å²) in [6.45, 7) is -2.86. The largest absolute Gasteiger partial charge is 0.522 e. The fourth-order valence-corrected chi connectivity index (χ4v) is 3.61. The van der Waals surface area contributed by atoms with Gasteiger partial charge in [0.05, 0.1) is 41.0 Å². The quantitative estimate of drug-likeness (QED) is 0.231. The van der Waals surface area contributed by atoms with Gasteiger partial charge in [-0.2, -0.15) is 17.6 Å². The van der Waals surface area contributed by atoms with Crippen molar-refractivity contribution < 1.29 is 67.1 Å². The minimum Gasteiger partial charge on any atom is -0.435 e. The molecular formula is C24H29ClF10N2O5S. The molecule has 0 saturated heterocycles. The average molecular weight is 683 g/mol. The lowest BCUT2D eigenvalue weighted by molar-refractivity contribution is -0.327. The second-order valence-electron chi connectivity index (χ2n) is 9.07. The molecule has 3 N–H and O–H groups in total. The number of nitrogens with two attached hydrogens (primary N) is 1. The molecule has 19 heteroatoms. The van der Waals surface area contributed by atoms with Gasteiger partial charge in [0.25, 0.3) is 0 Å². The van der Waals surface area contributed by atoms with Crippen LogP contribution in [0.4, 0.5) is 43.9 Å². The molecule has 0 fully saturated rings. The molecule has 0 saturated carbocycles. The van der Waals surface area contributed by atoms with Crippen LogP contribution in [0.5, 0.6) is 11.5 Å². The van der Waals surface area contributed by atoms with E-state index < -0.39 is 67.0 Å². The van der Waals surface area contributed by atoms with Gasteiger partial charge in [-0.3, -0.25) is 9.47 Å². The van der Waals surface area contributed by atoms with E-state index in [1.165, 1.54) is 36.4 Å². The van der Waals surface area contributed by atoms with Gasteiger partial charge in [0.1, 0.15) is 11.5 Å². The maximum atomic E-state index is 12.3. The fraction of sp³-hybridized carbons (Fsp3) is 0.500. The van der Waals surface area contributed by atoms with Crippen LogP contribution in [0, 0.1) is 0 Å². The van der Waals surface area contributed by atoms with E-state index in [1.54, 1.807) is 20.8 Å². The van der Waals surface area contributed by atoms with Crippen molar-refractivity contribution in [2.24, 2.45) is 5.73 Å². The molecule has 0 aliphatic heterocycles. The maximum absolute atomic E-state index is 12.3. The molecule has 0 bridgehead atoms. The zero-order valence-electron chi connectivity index (χ0n) is 22.6. The fourth-order valence-electron chi connectivity index (χ4n) is 2.79. The molecule has 0 radical (unpaired) electrons. The topological polar surface area (TPSA) is 92.0 Å². The van der Waals surface area contributed by atoms with Crippen LogP contribution in [-0.4, -0.2) is 48.1 Å². The summed E-state index contributed by atoms with van der Waals surface area (Å²) in [4.78, 5) is 0. The number of ether oxygens (including phenoxy) is 4. The van der Waals surface area contributed by atoms with Crippen LogP contribution in [0.15, 0.2) is 48.5 Å². The van der Waals surface area contributed by atoms with E-state index in [9.17, 15) is 48.1 Å². The van der Waals surface area contributed by atoms with Gasteiger partial charge >= 0.3 is 25.9 Å². The van der Waals surface area contributed by atoms with Crippen molar-refractivity contribution in [3.05, 3.63) is 59.7 Å². The lowest BCUT2D eigenvalue weighted by Gasteiger charge is -2.25. The van der Waals surface area contributed by atoms with Crippen LogP contribution in [0.1, 0.15) is 44.0 Å². The average Bonchev–Trinajstić information content (AvgIpc) is 2.83. The molecule has 0 aliphatic carbocycles. The first-order chi connectivity index (χ1) is 19.2. The van der Waals surface area contributed by atoms with E-state index >= 15 is 0 Å². The first-order valence-corrected chi connectivity index (χ1v) is 12.8. The Morgan fingerprint density at radius 1 is 0.767 bits per heavy atom. The van der Waals surface area contributed by atoms with Crippen LogP contribution in [0.2, 0.25) is 0 Å². The summed E-state index contributed by atoms with van der Waals surface area (Å²) < 4.78 is 150. The SMILES string of the molecule is CC(C)(C)[S@@](=O)N[C@@H](COC(F)(F)F)c1cccc(OC(F)F)c1.Cl.N[C@@H](COC(F)(F)F)c1cccc(OC(F)F)c1. The van der Waals surface area contributed by atoms with Gasteiger partial charge in [0.15, 0.2) is 0 Å². The normalized spacial score (nSPS) is 14.3. The molecule has 2 aromatic rings. The van der Waals surface area contributed by atoms with Gasteiger partial charge < -0.3 is 15.2 Å². The monoisotopic (exact) mass is 682 g/mol. The highest BCUT2D eigenvalue weighted by Crippen LogP contribution is 2.26. The highest BCUT2D eigenvalue weighted by molar-refractivity contribution is 7.84. The Balaban J connectivity index is 0.000000833. The molecule has 3 atom stereocenters. The number of alkyl halides is 10. The zero-order chi connectivity index (χ0) is 32.3. The molecule has 43 heavy (non-hydrogen) atoms. The van der Waals surface area contributed by atoms with Crippen LogP contribution in [0.3, 0.4) is 0 Å². The third kappa shape index (κ3) is 18.1. The summed E-state index contributed by atoms with van der Waals surface area (Å²) in [5, 5.41) is 0. The number of halogens is 11.